The number of hydrogen-bond acceptors (Lipinski definition) is 6. The van der Waals surface area contributed by atoms with Crippen LogP contribution in [0.5, 0.6) is 5.75 Å². The van der Waals surface area contributed by atoms with E-state index in [0.717, 1.165) is 11.8 Å². The van der Waals surface area contributed by atoms with Crippen molar-refractivity contribution >= 4 is 40.0 Å². The van der Waals surface area contributed by atoms with Crippen LogP contribution in [0.1, 0.15) is 17.3 Å². The molecule has 7 nitrogen and oxygen atoms in total. The summed E-state index contributed by atoms with van der Waals surface area (Å²) in [5, 5.41) is 3.29. The van der Waals surface area contributed by atoms with Crippen LogP contribution in [-0.2, 0) is 4.79 Å². The van der Waals surface area contributed by atoms with Gasteiger partial charge in [-0.3, -0.25) is 19.0 Å². The van der Waals surface area contributed by atoms with Crippen LogP contribution >= 0.6 is 11.8 Å². The third-order valence-electron chi connectivity index (χ3n) is 4.92. The number of hydrogen-bond donors (Lipinski definition) is 1. The molecule has 10 heteroatoms. The van der Waals surface area contributed by atoms with E-state index in [1.165, 1.54) is 35.8 Å². The van der Waals surface area contributed by atoms with Crippen molar-refractivity contribution in [2.45, 2.75) is 18.7 Å². The van der Waals surface area contributed by atoms with Crippen molar-refractivity contribution in [1.29, 1.82) is 0 Å². The molecule has 1 amide bonds. The molecule has 0 aliphatic rings. The molecule has 0 saturated carbocycles. The van der Waals surface area contributed by atoms with Crippen LogP contribution in [0.25, 0.3) is 16.6 Å². The Hall–Kier alpha value is -4.05. The molecule has 0 spiro atoms. The van der Waals surface area contributed by atoms with Crippen molar-refractivity contribution in [1.82, 2.24) is 9.55 Å². The van der Waals surface area contributed by atoms with Gasteiger partial charge in [0.15, 0.2) is 10.9 Å². The molecular formula is C25H19F2N3O4S. The maximum Gasteiger partial charge on any atom is 0.387 e. The third-order valence-corrected chi connectivity index (χ3v) is 5.86. The van der Waals surface area contributed by atoms with Gasteiger partial charge in [-0.15, -0.1) is 0 Å². The summed E-state index contributed by atoms with van der Waals surface area (Å²) in [4.78, 5) is 41.8. The number of nitrogens with one attached hydrogen (secondary N) is 1. The van der Waals surface area contributed by atoms with Gasteiger partial charge < -0.3 is 10.1 Å². The lowest BCUT2D eigenvalue weighted by Gasteiger charge is -2.14. The van der Waals surface area contributed by atoms with Crippen LogP contribution in [0.3, 0.4) is 0 Å². The van der Waals surface area contributed by atoms with Gasteiger partial charge in [0, 0.05) is 18.2 Å². The lowest BCUT2D eigenvalue weighted by atomic mass is 10.1. The van der Waals surface area contributed by atoms with Crippen molar-refractivity contribution in [3.63, 3.8) is 0 Å². The van der Waals surface area contributed by atoms with Crippen LogP contribution in [0.4, 0.5) is 14.5 Å². The van der Waals surface area contributed by atoms with Gasteiger partial charge in [0.25, 0.3) is 5.56 Å². The van der Waals surface area contributed by atoms with Crippen molar-refractivity contribution in [2.24, 2.45) is 0 Å². The summed E-state index contributed by atoms with van der Waals surface area (Å²) >= 11 is 1.08. The molecule has 1 aromatic heterocycles. The second-order valence-electron chi connectivity index (χ2n) is 7.39. The predicted molar refractivity (Wildman–Crippen MR) is 130 cm³/mol. The highest BCUT2D eigenvalue weighted by molar-refractivity contribution is 7.99. The Morgan fingerprint density at radius 3 is 2.37 bits per heavy atom. The first kappa shape index (κ1) is 24.1. The normalized spacial score (nSPS) is 11.0. The quantitative estimate of drug-likeness (QED) is 0.212. The van der Waals surface area contributed by atoms with Gasteiger partial charge in [0.05, 0.1) is 22.3 Å². The van der Waals surface area contributed by atoms with E-state index in [0.29, 0.717) is 27.8 Å². The molecular weight excluding hydrogens is 476 g/mol. The fraction of sp³-hybridized carbons (Fsp3) is 0.120. The minimum absolute atomic E-state index is 0.00313. The summed E-state index contributed by atoms with van der Waals surface area (Å²) in [6.07, 6.45) is 0. The number of halogens is 2. The van der Waals surface area contributed by atoms with Crippen LogP contribution in [0.2, 0.25) is 0 Å². The number of benzene rings is 3. The minimum atomic E-state index is -2.96. The van der Waals surface area contributed by atoms with E-state index in [9.17, 15) is 23.2 Å². The first-order valence-electron chi connectivity index (χ1n) is 10.4. The number of aromatic nitrogens is 2. The Bertz CT molecular complexity index is 1440. The van der Waals surface area contributed by atoms with Gasteiger partial charge in [-0.1, -0.05) is 23.9 Å². The first-order valence-corrected chi connectivity index (χ1v) is 11.4. The first-order chi connectivity index (χ1) is 16.8. The molecule has 3 aromatic carbocycles. The number of thioether (sulfide) groups is 1. The molecule has 4 aromatic rings. The lowest BCUT2D eigenvalue weighted by Crippen LogP contribution is -2.22. The Balaban J connectivity index is 1.64. The maximum atomic E-state index is 13.3. The Labute approximate surface area is 202 Å². The zero-order valence-corrected chi connectivity index (χ0v) is 19.2. The van der Waals surface area contributed by atoms with Gasteiger partial charge in [0.1, 0.15) is 5.75 Å². The lowest BCUT2D eigenvalue weighted by molar-refractivity contribution is -0.114. The fourth-order valence-corrected chi connectivity index (χ4v) is 4.28. The fourth-order valence-electron chi connectivity index (χ4n) is 3.37. The smallest absolute Gasteiger partial charge is 0.387 e. The largest absolute Gasteiger partial charge is 0.435 e. The number of anilines is 1. The molecule has 1 heterocycles. The third kappa shape index (κ3) is 5.72. The molecule has 0 atom stereocenters. The van der Waals surface area contributed by atoms with Crippen molar-refractivity contribution in [2.75, 3.05) is 11.1 Å². The van der Waals surface area contributed by atoms with E-state index in [4.69, 9.17) is 0 Å². The van der Waals surface area contributed by atoms with Gasteiger partial charge in [0.2, 0.25) is 5.91 Å². The number of Topliss-reactive ketones (excluding diaryl/α,β-unsaturated/α-hetero) is 1. The molecule has 35 heavy (non-hydrogen) atoms. The molecule has 178 valence electrons. The summed E-state index contributed by atoms with van der Waals surface area (Å²) in [5.41, 5.74) is 1.53. The van der Waals surface area contributed by atoms with Crippen molar-refractivity contribution in [3.05, 3.63) is 88.7 Å². The summed E-state index contributed by atoms with van der Waals surface area (Å²) in [6, 6.07) is 18.9. The Morgan fingerprint density at radius 2 is 1.71 bits per heavy atom. The monoisotopic (exact) mass is 495 g/mol. The van der Waals surface area contributed by atoms with Crippen LogP contribution in [0, 0.1) is 0 Å². The number of rotatable bonds is 8. The minimum Gasteiger partial charge on any atom is -0.435 e. The standard InChI is InChI=1S/C25H19F2N3O4S/c1-15(31)28-17-8-6-16(7-9-17)22(32)14-35-25-29-21-5-3-2-4-20(21)23(33)30(25)18-10-12-19(13-11-18)34-24(26)27/h2-13,24H,14H2,1H3,(H,28,31). The summed E-state index contributed by atoms with van der Waals surface area (Å²) in [5.74, 6) is -0.456. The molecule has 1 N–H and O–H groups in total. The number of ketones is 1. The van der Waals surface area contributed by atoms with Gasteiger partial charge in [-0.25, -0.2) is 4.98 Å². The van der Waals surface area contributed by atoms with Crippen LogP contribution in [0.15, 0.2) is 82.7 Å². The maximum absolute atomic E-state index is 13.3. The summed E-state index contributed by atoms with van der Waals surface area (Å²) in [7, 11) is 0. The highest BCUT2D eigenvalue weighted by Gasteiger charge is 2.16. The van der Waals surface area contributed by atoms with Gasteiger partial charge in [-0.2, -0.15) is 8.78 Å². The van der Waals surface area contributed by atoms with Gasteiger partial charge >= 0.3 is 6.61 Å². The van der Waals surface area contributed by atoms with Crippen LogP contribution < -0.4 is 15.6 Å². The second kappa shape index (κ2) is 10.5. The topological polar surface area (TPSA) is 90.3 Å². The average Bonchev–Trinajstić information content (AvgIpc) is 2.83. The highest BCUT2D eigenvalue weighted by atomic mass is 32.2. The highest BCUT2D eigenvalue weighted by Crippen LogP contribution is 2.24. The summed E-state index contributed by atoms with van der Waals surface area (Å²) in [6.45, 7) is -1.57. The number of amides is 1. The molecule has 0 aliphatic carbocycles. The second-order valence-corrected chi connectivity index (χ2v) is 8.34. The molecule has 0 fully saturated rings. The number of alkyl halides is 2. The molecule has 0 bridgehead atoms. The molecule has 0 unspecified atom stereocenters. The van der Waals surface area contributed by atoms with E-state index >= 15 is 0 Å². The molecule has 0 aliphatic heterocycles. The van der Waals surface area contributed by atoms with E-state index in [1.54, 1.807) is 48.5 Å². The van der Waals surface area contributed by atoms with Crippen molar-refractivity contribution < 1.29 is 23.1 Å². The molecule has 0 saturated heterocycles. The van der Waals surface area contributed by atoms with E-state index in [2.05, 4.69) is 15.0 Å². The number of fused-ring (bicyclic) bond motifs is 1. The van der Waals surface area contributed by atoms with Crippen molar-refractivity contribution in [3.8, 4) is 11.4 Å². The Kier molecular flexibility index (Phi) is 7.21. The van der Waals surface area contributed by atoms with E-state index in [1.807, 2.05) is 0 Å². The number of ether oxygens (including phenoxy) is 1. The SMILES string of the molecule is CC(=O)Nc1ccc(C(=O)CSc2nc3ccccc3c(=O)n2-c2ccc(OC(F)F)cc2)cc1. The van der Waals surface area contributed by atoms with E-state index in [-0.39, 0.29) is 33.9 Å². The number of carbonyl (C=O) groups excluding carboxylic acids is 2. The summed E-state index contributed by atoms with van der Waals surface area (Å²) < 4.78 is 30.7. The van der Waals surface area contributed by atoms with Crippen LogP contribution in [-0.4, -0.2) is 33.6 Å². The zero-order valence-electron chi connectivity index (χ0n) is 18.4. The molecule has 4 rings (SSSR count). The van der Waals surface area contributed by atoms with Gasteiger partial charge in [-0.05, 0) is 60.7 Å². The zero-order chi connectivity index (χ0) is 24.9. The molecule has 0 radical (unpaired) electrons. The number of para-hydroxylation sites is 1. The Morgan fingerprint density at radius 1 is 1.03 bits per heavy atom. The average molecular weight is 496 g/mol. The van der Waals surface area contributed by atoms with E-state index < -0.39 is 6.61 Å². The number of nitrogens with zero attached hydrogens (tertiary/aromatic N) is 2. The predicted octanol–water partition coefficient (Wildman–Crippen LogP) is 4.92. The number of carbonyl (C=O) groups is 2.